The van der Waals surface area contributed by atoms with Gasteiger partial charge in [0.05, 0.1) is 21.3 Å². The molecule has 3 aromatic rings. The third-order valence-electron chi connectivity index (χ3n) is 6.08. The summed E-state index contributed by atoms with van der Waals surface area (Å²) < 4.78 is 12.5. The molecule has 4 rings (SSSR count). The number of nitrogens with one attached hydrogen (secondary N) is 1. The summed E-state index contributed by atoms with van der Waals surface area (Å²) in [5.41, 5.74) is 2.82. The zero-order valence-corrected chi connectivity index (χ0v) is 24.0. The first kappa shape index (κ1) is 28.1. The molecule has 0 fully saturated rings. The number of thiophene rings is 1. The van der Waals surface area contributed by atoms with Crippen LogP contribution in [0.15, 0.2) is 42.0 Å². The molecular formula is C29H24IN3O5S. The molecule has 10 heteroatoms. The van der Waals surface area contributed by atoms with E-state index in [4.69, 9.17) is 9.47 Å². The number of ether oxygens (including phenoxy) is 2. The number of hydrogen-bond donors (Lipinski definition) is 2. The predicted octanol–water partition coefficient (Wildman–Crippen LogP) is 6.32. The van der Waals surface area contributed by atoms with Gasteiger partial charge in [-0.05, 0) is 102 Å². The van der Waals surface area contributed by atoms with E-state index in [1.807, 2.05) is 13.0 Å². The summed E-state index contributed by atoms with van der Waals surface area (Å²) in [5.74, 6) is -0.696. The number of nitrogens with zero attached hydrogens (tertiary/aromatic N) is 2. The molecule has 0 bridgehead atoms. The summed E-state index contributed by atoms with van der Waals surface area (Å²) in [6, 6.07) is 14.1. The van der Waals surface area contributed by atoms with Crippen molar-refractivity contribution in [2.75, 3.05) is 11.9 Å². The molecule has 1 heterocycles. The Bertz CT molecular complexity index is 1550. The number of amides is 1. The molecule has 0 saturated heterocycles. The van der Waals surface area contributed by atoms with Crippen LogP contribution in [0.4, 0.5) is 5.00 Å². The normalized spacial score (nSPS) is 12.6. The first-order valence-corrected chi connectivity index (χ1v) is 14.1. The van der Waals surface area contributed by atoms with Crippen LogP contribution in [0.5, 0.6) is 11.5 Å². The molecular weight excluding hydrogens is 629 g/mol. The zero-order chi connectivity index (χ0) is 27.9. The van der Waals surface area contributed by atoms with E-state index >= 15 is 0 Å². The molecule has 1 aliphatic rings. The number of halogens is 1. The fraction of sp³-hybridized carbons (Fsp3) is 0.241. The van der Waals surface area contributed by atoms with Gasteiger partial charge < -0.3 is 19.9 Å². The molecule has 2 N–H and O–H groups in total. The molecule has 0 aliphatic heterocycles. The lowest BCUT2D eigenvalue weighted by molar-refractivity contribution is -0.112. The lowest BCUT2D eigenvalue weighted by Crippen LogP contribution is -2.13. The second kappa shape index (κ2) is 12.8. The summed E-state index contributed by atoms with van der Waals surface area (Å²) in [7, 11) is 0. The summed E-state index contributed by atoms with van der Waals surface area (Å²) >= 11 is 3.50. The van der Waals surface area contributed by atoms with Gasteiger partial charge in [0, 0.05) is 4.88 Å². The van der Waals surface area contributed by atoms with Gasteiger partial charge in [0.2, 0.25) is 0 Å². The minimum Gasteiger partial charge on any atom is -0.490 e. The molecule has 39 heavy (non-hydrogen) atoms. The Balaban J connectivity index is 1.57. The highest BCUT2D eigenvalue weighted by atomic mass is 127. The van der Waals surface area contributed by atoms with E-state index in [0.717, 1.165) is 36.1 Å². The Kier molecular flexibility index (Phi) is 9.23. The Morgan fingerprint density at radius 2 is 1.97 bits per heavy atom. The lowest BCUT2D eigenvalue weighted by atomic mass is 9.96. The van der Waals surface area contributed by atoms with Crippen molar-refractivity contribution in [1.82, 2.24) is 0 Å². The number of nitriles is 2. The molecule has 1 aliphatic carbocycles. The smallest absolute Gasteiger partial charge is 0.335 e. The highest BCUT2D eigenvalue weighted by Crippen LogP contribution is 2.38. The standard InChI is InChI=1S/C29H24IN3O5S/c1-2-37-24-13-18(12-23(30)26(24)38-16-17-6-5-7-19(10-17)29(35)36)11-20(14-31)27(34)33-28-22(15-32)21-8-3-4-9-25(21)39-28/h5-7,10-13H,2-4,8-9,16H2,1H3,(H,33,34)(H,35,36)/b20-11+. The summed E-state index contributed by atoms with van der Waals surface area (Å²) in [6.45, 7) is 2.32. The van der Waals surface area contributed by atoms with Crippen molar-refractivity contribution in [2.24, 2.45) is 0 Å². The van der Waals surface area contributed by atoms with Gasteiger partial charge in [-0.15, -0.1) is 11.3 Å². The minimum atomic E-state index is -1.02. The van der Waals surface area contributed by atoms with Crippen molar-refractivity contribution < 1.29 is 24.2 Å². The van der Waals surface area contributed by atoms with E-state index < -0.39 is 11.9 Å². The maximum atomic E-state index is 13.0. The molecule has 2 aromatic carbocycles. The fourth-order valence-electron chi connectivity index (χ4n) is 4.28. The number of carboxylic acid groups (broad SMARTS) is 1. The van der Waals surface area contributed by atoms with Crippen LogP contribution in [0.2, 0.25) is 0 Å². The number of anilines is 1. The maximum absolute atomic E-state index is 13.0. The summed E-state index contributed by atoms with van der Waals surface area (Å²) in [4.78, 5) is 25.4. The van der Waals surface area contributed by atoms with Gasteiger partial charge in [-0.3, -0.25) is 4.79 Å². The average Bonchev–Trinajstić information content (AvgIpc) is 3.28. The van der Waals surface area contributed by atoms with Crippen LogP contribution in [0.3, 0.4) is 0 Å². The molecule has 0 spiro atoms. The number of carboxylic acids is 1. The number of aryl methyl sites for hydroxylation is 1. The van der Waals surface area contributed by atoms with Gasteiger partial charge in [-0.1, -0.05) is 12.1 Å². The van der Waals surface area contributed by atoms with Crippen LogP contribution in [-0.4, -0.2) is 23.6 Å². The monoisotopic (exact) mass is 653 g/mol. The topological polar surface area (TPSA) is 132 Å². The second-order valence-electron chi connectivity index (χ2n) is 8.71. The van der Waals surface area contributed by atoms with Gasteiger partial charge >= 0.3 is 5.97 Å². The van der Waals surface area contributed by atoms with Crippen LogP contribution < -0.4 is 14.8 Å². The van der Waals surface area contributed by atoms with Crippen molar-refractivity contribution in [1.29, 1.82) is 10.5 Å². The first-order valence-electron chi connectivity index (χ1n) is 12.2. The number of carbonyl (C=O) groups excluding carboxylic acids is 1. The maximum Gasteiger partial charge on any atom is 0.335 e. The number of carbonyl (C=O) groups is 2. The Morgan fingerprint density at radius 1 is 1.18 bits per heavy atom. The van der Waals surface area contributed by atoms with Crippen molar-refractivity contribution in [3.63, 3.8) is 0 Å². The van der Waals surface area contributed by atoms with E-state index in [2.05, 4.69) is 34.0 Å². The molecule has 0 saturated carbocycles. The zero-order valence-electron chi connectivity index (χ0n) is 21.0. The Labute approximate surface area is 243 Å². The van der Waals surface area contributed by atoms with E-state index in [9.17, 15) is 25.2 Å². The number of aromatic carboxylic acids is 1. The second-order valence-corrected chi connectivity index (χ2v) is 11.0. The quantitative estimate of drug-likeness (QED) is 0.157. The Morgan fingerprint density at radius 3 is 2.69 bits per heavy atom. The average molecular weight is 653 g/mol. The summed E-state index contributed by atoms with van der Waals surface area (Å²) in [5, 5.41) is 31.9. The SMILES string of the molecule is CCOc1cc(/C=C(\C#N)C(=O)Nc2sc3c(c2C#N)CCCC3)cc(I)c1OCc1cccc(C(=O)O)c1. The first-order chi connectivity index (χ1) is 18.8. The third-order valence-corrected chi connectivity index (χ3v) is 8.08. The van der Waals surface area contributed by atoms with Gasteiger partial charge in [0.25, 0.3) is 5.91 Å². The van der Waals surface area contributed by atoms with Crippen LogP contribution in [0.25, 0.3) is 6.08 Å². The highest BCUT2D eigenvalue weighted by molar-refractivity contribution is 14.1. The lowest BCUT2D eigenvalue weighted by Gasteiger charge is -2.15. The van der Waals surface area contributed by atoms with Gasteiger partial charge in [0.15, 0.2) is 11.5 Å². The highest BCUT2D eigenvalue weighted by Gasteiger charge is 2.23. The van der Waals surface area contributed by atoms with Crippen LogP contribution in [0.1, 0.15) is 57.3 Å². The third kappa shape index (κ3) is 6.59. The van der Waals surface area contributed by atoms with E-state index in [-0.39, 0.29) is 17.7 Å². The summed E-state index contributed by atoms with van der Waals surface area (Å²) in [6.07, 6.45) is 5.27. The van der Waals surface area contributed by atoms with Crippen LogP contribution in [0, 0.1) is 26.2 Å². The minimum absolute atomic E-state index is 0.109. The molecule has 0 atom stereocenters. The number of rotatable bonds is 9. The molecule has 0 unspecified atom stereocenters. The molecule has 198 valence electrons. The van der Waals surface area contributed by atoms with E-state index in [0.29, 0.717) is 43.4 Å². The predicted molar refractivity (Wildman–Crippen MR) is 156 cm³/mol. The van der Waals surface area contributed by atoms with Gasteiger partial charge in [-0.25, -0.2) is 4.79 Å². The largest absolute Gasteiger partial charge is 0.490 e. The van der Waals surface area contributed by atoms with Crippen molar-refractivity contribution in [3.05, 3.63) is 78.2 Å². The molecule has 0 radical (unpaired) electrons. The number of benzene rings is 2. The number of fused-ring (bicyclic) bond motifs is 1. The van der Waals surface area contributed by atoms with Crippen LogP contribution in [-0.2, 0) is 24.2 Å². The molecule has 1 aromatic heterocycles. The van der Waals surface area contributed by atoms with E-state index in [1.165, 1.54) is 23.5 Å². The van der Waals surface area contributed by atoms with Gasteiger partial charge in [0.1, 0.15) is 29.3 Å². The van der Waals surface area contributed by atoms with Crippen molar-refractivity contribution >= 4 is 56.9 Å². The Hall–Kier alpha value is -3.87. The van der Waals surface area contributed by atoms with Crippen LogP contribution >= 0.6 is 33.9 Å². The van der Waals surface area contributed by atoms with Crippen molar-refractivity contribution in [3.8, 4) is 23.6 Å². The van der Waals surface area contributed by atoms with Crippen molar-refractivity contribution in [2.45, 2.75) is 39.2 Å². The number of hydrogen-bond acceptors (Lipinski definition) is 7. The molecule has 8 nitrogen and oxygen atoms in total. The van der Waals surface area contributed by atoms with Gasteiger partial charge in [-0.2, -0.15) is 10.5 Å². The fourth-order valence-corrected chi connectivity index (χ4v) is 6.30. The van der Waals surface area contributed by atoms with E-state index in [1.54, 1.807) is 30.3 Å². The molecule has 1 amide bonds.